The fourth-order valence-electron chi connectivity index (χ4n) is 3.47. The van der Waals surface area contributed by atoms with Gasteiger partial charge in [0.25, 0.3) is 5.91 Å². The summed E-state index contributed by atoms with van der Waals surface area (Å²) in [6.07, 6.45) is 0.0512. The van der Waals surface area contributed by atoms with Gasteiger partial charge in [0, 0.05) is 12.0 Å². The summed E-state index contributed by atoms with van der Waals surface area (Å²) in [5.41, 5.74) is 2.73. The van der Waals surface area contributed by atoms with Crippen molar-refractivity contribution in [1.29, 1.82) is 0 Å². The van der Waals surface area contributed by atoms with E-state index in [0.29, 0.717) is 6.42 Å². The zero-order valence-corrected chi connectivity index (χ0v) is 17.5. The van der Waals surface area contributed by atoms with Crippen molar-refractivity contribution in [3.63, 3.8) is 0 Å². The van der Waals surface area contributed by atoms with E-state index in [9.17, 15) is 4.79 Å². The number of ether oxygens (including phenoxy) is 3. The molecule has 2 aromatic rings. The summed E-state index contributed by atoms with van der Waals surface area (Å²) in [5.74, 6) is 2.08. The Kier molecular flexibility index (Phi) is 5.54. The molecule has 1 aliphatic rings. The van der Waals surface area contributed by atoms with Gasteiger partial charge >= 0.3 is 0 Å². The highest BCUT2D eigenvalue weighted by Crippen LogP contribution is 2.41. The van der Waals surface area contributed by atoms with Gasteiger partial charge in [-0.1, -0.05) is 12.1 Å². The molecule has 5 nitrogen and oxygen atoms in total. The molecule has 2 atom stereocenters. The Morgan fingerprint density at radius 1 is 1.25 bits per heavy atom. The summed E-state index contributed by atoms with van der Waals surface area (Å²) < 4.78 is 17.4. The second-order valence-electron chi connectivity index (χ2n) is 7.99. The Bertz CT molecular complexity index is 875. The van der Waals surface area contributed by atoms with Crippen LogP contribution >= 0.6 is 0 Å². The molecule has 1 aliphatic heterocycles. The van der Waals surface area contributed by atoms with E-state index in [4.69, 9.17) is 14.2 Å². The Hall–Kier alpha value is -2.69. The molecule has 28 heavy (non-hydrogen) atoms. The molecule has 0 unspecified atom stereocenters. The summed E-state index contributed by atoms with van der Waals surface area (Å²) >= 11 is 0. The minimum Gasteiger partial charge on any atom is -0.497 e. The van der Waals surface area contributed by atoms with E-state index in [1.165, 1.54) is 0 Å². The normalized spacial score (nSPS) is 18.4. The number of hydrogen-bond acceptors (Lipinski definition) is 4. The molecule has 3 rings (SSSR count). The predicted molar refractivity (Wildman–Crippen MR) is 109 cm³/mol. The molecule has 1 heterocycles. The van der Waals surface area contributed by atoms with Crippen LogP contribution in [-0.4, -0.2) is 24.7 Å². The number of rotatable bonds is 5. The molecule has 0 aromatic heterocycles. The lowest BCUT2D eigenvalue weighted by Crippen LogP contribution is -2.44. The van der Waals surface area contributed by atoms with Crippen LogP contribution in [0.5, 0.6) is 17.2 Å². The lowest BCUT2D eigenvalue weighted by atomic mass is 9.89. The highest BCUT2D eigenvalue weighted by Gasteiger charge is 2.35. The number of fused-ring (bicyclic) bond motifs is 1. The molecule has 0 bridgehead atoms. The number of amides is 1. The Balaban J connectivity index is 1.78. The van der Waals surface area contributed by atoms with Crippen molar-refractivity contribution in [2.24, 2.45) is 0 Å². The summed E-state index contributed by atoms with van der Waals surface area (Å²) in [7, 11) is 1.63. The van der Waals surface area contributed by atoms with Crippen LogP contribution in [0, 0.1) is 13.8 Å². The fraction of sp³-hybridized carbons (Fsp3) is 0.435. The first-order valence-electron chi connectivity index (χ1n) is 9.60. The molecule has 5 heteroatoms. The number of aryl methyl sites for hydroxylation is 1. The van der Waals surface area contributed by atoms with E-state index < -0.39 is 6.10 Å². The van der Waals surface area contributed by atoms with Gasteiger partial charge in [-0.3, -0.25) is 4.79 Å². The van der Waals surface area contributed by atoms with Crippen molar-refractivity contribution in [1.82, 2.24) is 5.32 Å². The van der Waals surface area contributed by atoms with Gasteiger partial charge in [0.2, 0.25) is 0 Å². The number of benzene rings is 2. The molecule has 0 spiro atoms. The maximum Gasteiger partial charge on any atom is 0.261 e. The summed E-state index contributed by atoms with van der Waals surface area (Å²) in [6.45, 7) is 9.85. The molecule has 150 valence electrons. The number of nitrogens with one attached hydrogen (secondary N) is 1. The van der Waals surface area contributed by atoms with Crippen LogP contribution in [0.2, 0.25) is 0 Å². The van der Waals surface area contributed by atoms with Gasteiger partial charge in [-0.15, -0.1) is 0 Å². The van der Waals surface area contributed by atoms with Crippen molar-refractivity contribution in [2.75, 3.05) is 7.11 Å². The van der Waals surface area contributed by atoms with Gasteiger partial charge in [0.15, 0.2) is 6.10 Å². The molecule has 0 fully saturated rings. The fourth-order valence-corrected chi connectivity index (χ4v) is 3.47. The SMILES string of the molecule is COc1ccc2c(c1)[C@@H](NC(=O)[C@H](C)Oc1cccc(C)c1C)CC(C)(C)O2. The average molecular weight is 383 g/mol. The molecule has 2 aromatic carbocycles. The Morgan fingerprint density at radius 3 is 2.71 bits per heavy atom. The van der Waals surface area contributed by atoms with Crippen molar-refractivity contribution in [3.05, 3.63) is 53.1 Å². The molecule has 1 amide bonds. The number of methoxy groups -OCH3 is 1. The zero-order valence-electron chi connectivity index (χ0n) is 17.5. The van der Waals surface area contributed by atoms with E-state index in [0.717, 1.165) is 33.9 Å². The van der Waals surface area contributed by atoms with Gasteiger partial charge < -0.3 is 19.5 Å². The Labute approximate surface area is 167 Å². The van der Waals surface area contributed by atoms with Crippen molar-refractivity contribution in [2.45, 2.75) is 58.8 Å². The first-order chi connectivity index (χ1) is 13.2. The van der Waals surface area contributed by atoms with Crippen LogP contribution in [0.3, 0.4) is 0 Å². The zero-order chi connectivity index (χ0) is 20.5. The van der Waals surface area contributed by atoms with E-state index in [1.54, 1.807) is 14.0 Å². The molecular weight excluding hydrogens is 354 g/mol. The molecule has 0 saturated carbocycles. The van der Waals surface area contributed by atoms with Gasteiger partial charge in [0.1, 0.15) is 22.8 Å². The third-order valence-electron chi connectivity index (χ3n) is 5.22. The van der Waals surface area contributed by atoms with E-state index in [1.807, 2.05) is 64.1 Å². The largest absolute Gasteiger partial charge is 0.497 e. The number of carbonyl (C=O) groups excluding carboxylic acids is 1. The van der Waals surface area contributed by atoms with Crippen LogP contribution in [0.15, 0.2) is 36.4 Å². The summed E-state index contributed by atoms with van der Waals surface area (Å²) in [5, 5.41) is 3.14. The number of hydrogen-bond donors (Lipinski definition) is 1. The van der Waals surface area contributed by atoms with Gasteiger partial charge in [-0.05, 0) is 70.0 Å². The summed E-state index contributed by atoms with van der Waals surface area (Å²) in [6, 6.07) is 11.4. The summed E-state index contributed by atoms with van der Waals surface area (Å²) in [4.78, 5) is 12.9. The maximum atomic E-state index is 12.9. The van der Waals surface area contributed by atoms with Crippen molar-refractivity contribution < 1.29 is 19.0 Å². The van der Waals surface area contributed by atoms with Crippen molar-refractivity contribution >= 4 is 5.91 Å². The maximum absolute atomic E-state index is 12.9. The second kappa shape index (κ2) is 7.74. The molecule has 0 radical (unpaired) electrons. The van der Waals surface area contributed by atoms with Gasteiger partial charge in [-0.25, -0.2) is 0 Å². The van der Waals surface area contributed by atoms with Crippen LogP contribution in [0.4, 0.5) is 0 Å². The highest BCUT2D eigenvalue weighted by atomic mass is 16.5. The molecule has 0 aliphatic carbocycles. The predicted octanol–water partition coefficient (Wildman–Crippen LogP) is 4.50. The van der Waals surface area contributed by atoms with Gasteiger partial charge in [0.05, 0.1) is 13.2 Å². The molecular formula is C23H29NO4. The van der Waals surface area contributed by atoms with Gasteiger partial charge in [-0.2, -0.15) is 0 Å². The topological polar surface area (TPSA) is 56.8 Å². The average Bonchev–Trinajstić information content (AvgIpc) is 2.64. The first-order valence-corrected chi connectivity index (χ1v) is 9.60. The monoisotopic (exact) mass is 383 g/mol. The third-order valence-corrected chi connectivity index (χ3v) is 5.22. The lowest BCUT2D eigenvalue weighted by molar-refractivity contribution is -0.128. The standard InChI is InChI=1S/C23H29NO4/c1-14-8-7-9-20(15(14)2)27-16(3)22(25)24-19-13-23(4,5)28-21-11-10-17(26-6)12-18(19)21/h7-12,16,19H,13H2,1-6H3,(H,24,25)/t16-,19-/m0/s1. The molecule has 1 N–H and O–H groups in total. The van der Waals surface area contributed by atoms with E-state index >= 15 is 0 Å². The van der Waals surface area contributed by atoms with Crippen LogP contribution in [-0.2, 0) is 4.79 Å². The molecule has 0 saturated heterocycles. The van der Waals surface area contributed by atoms with E-state index in [2.05, 4.69) is 5.32 Å². The first kappa shape index (κ1) is 20.1. The Morgan fingerprint density at radius 2 is 2.00 bits per heavy atom. The van der Waals surface area contributed by atoms with E-state index in [-0.39, 0.29) is 17.6 Å². The number of carbonyl (C=O) groups is 1. The minimum atomic E-state index is -0.611. The highest BCUT2D eigenvalue weighted by molar-refractivity contribution is 5.81. The van der Waals surface area contributed by atoms with Crippen LogP contribution < -0.4 is 19.5 Å². The van der Waals surface area contributed by atoms with Crippen LogP contribution in [0.1, 0.15) is 49.9 Å². The van der Waals surface area contributed by atoms with Crippen LogP contribution in [0.25, 0.3) is 0 Å². The third kappa shape index (κ3) is 4.24. The quantitative estimate of drug-likeness (QED) is 0.826. The lowest BCUT2D eigenvalue weighted by Gasteiger charge is -2.38. The van der Waals surface area contributed by atoms with Crippen molar-refractivity contribution in [3.8, 4) is 17.2 Å². The minimum absolute atomic E-state index is 0.155. The second-order valence-corrected chi connectivity index (χ2v) is 7.99. The smallest absolute Gasteiger partial charge is 0.261 e.